The number of aromatic nitrogens is 2. The number of alkyl halides is 1. The summed E-state index contributed by atoms with van der Waals surface area (Å²) in [5, 5.41) is 14.1. The van der Waals surface area contributed by atoms with Crippen LogP contribution in [0.25, 0.3) is 16.9 Å². The predicted octanol–water partition coefficient (Wildman–Crippen LogP) is 3.67. The van der Waals surface area contributed by atoms with Crippen molar-refractivity contribution >= 4 is 0 Å². The number of para-hydroxylation sites is 1. The van der Waals surface area contributed by atoms with Gasteiger partial charge in [-0.05, 0) is 19.1 Å². The summed E-state index contributed by atoms with van der Waals surface area (Å²) in [6.07, 6.45) is 1.76. The molecule has 0 aliphatic rings. The molecule has 21 heavy (non-hydrogen) atoms. The van der Waals surface area contributed by atoms with Crippen LogP contribution in [0.4, 0.5) is 4.39 Å². The summed E-state index contributed by atoms with van der Waals surface area (Å²) < 4.78 is 15.5. The molecule has 0 amide bonds. The van der Waals surface area contributed by atoms with Crippen LogP contribution in [0.3, 0.4) is 0 Å². The number of aliphatic hydroxyl groups is 1. The van der Waals surface area contributed by atoms with Gasteiger partial charge in [0.25, 0.3) is 0 Å². The molecule has 3 rings (SSSR count). The maximum atomic E-state index is 13.9. The van der Waals surface area contributed by atoms with Gasteiger partial charge in [0.15, 0.2) is 0 Å². The largest absolute Gasteiger partial charge is 0.358 e. The lowest BCUT2D eigenvalue weighted by atomic mass is 10.1. The van der Waals surface area contributed by atoms with Crippen LogP contribution in [0.5, 0.6) is 0 Å². The third-order valence-electron chi connectivity index (χ3n) is 3.30. The molecule has 1 unspecified atom stereocenters. The van der Waals surface area contributed by atoms with E-state index in [2.05, 4.69) is 5.10 Å². The average molecular weight is 282 g/mol. The van der Waals surface area contributed by atoms with E-state index in [0.717, 1.165) is 18.2 Å². The monoisotopic (exact) mass is 282 g/mol. The summed E-state index contributed by atoms with van der Waals surface area (Å²) in [5.74, 6) is -2.41. The van der Waals surface area contributed by atoms with E-state index < -0.39 is 5.85 Å². The number of halogens is 1. The van der Waals surface area contributed by atoms with Gasteiger partial charge in [-0.25, -0.2) is 9.07 Å². The van der Waals surface area contributed by atoms with E-state index >= 15 is 0 Å². The van der Waals surface area contributed by atoms with Gasteiger partial charge in [-0.15, -0.1) is 0 Å². The first-order chi connectivity index (χ1) is 10.1. The predicted molar refractivity (Wildman–Crippen MR) is 79.7 cm³/mol. The van der Waals surface area contributed by atoms with Gasteiger partial charge in [-0.3, -0.25) is 0 Å². The van der Waals surface area contributed by atoms with Crippen LogP contribution in [0.1, 0.15) is 12.5 Å². The van der Waals surface area contributed by atoms with Crippen LogP contribution in [0.2, 0.25) is 0 Å². The van der Waals surface area contributed by atoms with Crippen molar-refractivity contribution in [2.24, 2.45) is 0 Å². The van der Waals surface area contributed by atoms with Crippen molar-refractivity contribution in [3.63, 3.8) is 0 Å². The van der Waals surface area contributed by atoms with Crippen molar-refractivity contribution in [1.82, 2.24) is 9.78 Å². The number of rotatable bonds is 3. The van der Waals surface area contributed by atoms with Crippen LogP contribution >= 0.6 is 0 Å². The first-order valence-electron chi connectivity index (χ1n) is 6.68. The van der Waals surface area contributed by atoms with E-state index in [1.54, 1.807) is 35.1 Å². The summed E-state index contributed by atoms with van der Waals surface area (Å²) in [6.45, 7) is 1.12. The smallest absolute Gasteiger partial charge is 0.232 e. The SMILES string of the molecule is CC(O)(F)c1ccccc1-n1ccc(-c2ccccc2)n1. The second-order valence-corrected chi connectivity index (χ2v) is 4.98. The molecule has 0 aliphatic heterocycles. The van der Waals surface area contributed by atoms with Crippen molar-refractivity contribution in [2.45, 2.75) is 12.8 Å². The second-order valence-electron chi connectivity index (χ2n) is 4.98. The lowest BCUT2D eigenvalue weighted by Gasteiger charge is -2.17. The molecular weight excluding hydrogens is 267 g/mol. The molecule has 0 fully saturated rings. The Labute approximate surface area is 122 Å². The summed E-state index contributed by atoms with van der Waals surface area (Å²) in [5.41, 5.74) is 2.49. The Morgan fingerprint density at radius 2 is 1.67 bits per heavy atom. The Hall–Kier alpha value is -2.46. The molecule has 0 saturated carbocycles. The normalized spacial score (nSPS) is 13.9. The molecule has 0 bridgehead atoms. The molecule has 0 radical (unpaired) electrons. The molecule has 3 nitrogen and oxygen atoms in total. The third kappa shape index (κ3) is 2.71. The van der Waals surface area contributed by atoms with Crippen molar-refractivity contribution in [1.29, 1.82) is 0 Å². The molecule has 0 saturated heterocycles. The Kier molecular flexibility index (Phi) is 3.31. The highest BCUT2D eigenvalue weighted by molar-refractivity contribution is 5.59. The Bertz CT molecular complexity index is 745. The summed E-state index contributed by atoms with van der Waals surface area (Å²) in [7, 11) is 0. The minimum atomic E-state index is -2.41. The van der Waals surface area contributed by atoms with Gasteiger partial charge in [0.1, 0.15) is 0 Å². The van der Waals surface area contributed by atoms with Crippen molar-refractivity contribution < 1.29 is 9.50 Å². The highest BCUT2D eigenvalue weighted by Crippen LogP contribution is 2.28. The zero-order valence-corrected chi connectivity index (χ0v) is 11.6. The maximum absolute atomic E-state index is 13.9. The van der Waals surface area contributed by atoms with Gasteiger partial charge >= 0.3 is 0 Å². The van der Waals surface area contributed by atoms with Crippen LogP contribution in [-0.4, -0.2) is 14.9 Å². The van der Waals surface area contributed by atoms with E-state index in [1.165, 1.54) is 0 Å². The van der Waals surface area contributed by atoms with E-state index in [4.69, 9.17) is 0 Å². The Balaban J connectivity index is 2.06. The fourth-order valence-corrected chi connectivity index (χ4v) is 2.28. The molecule has 2 aromatic carbocycles. The average Bonchev–Trinajstić information content (AvgIpc) is 2.97. The minimum absolute atomic E-state index is 0.188. The van der Waals surface area contributed by atoms with Crippen molar-refractivity contribution in [2.75, 3.05) is 0 Å². The first-order valence-corrected chi connectivity index (χ1v) is 6.68. The number of hydrogen-bond acceptors (Lipinski definition) is 2. The minimum Gasteiger partial charge on any atom is -0.358 e. The zero-order chi connectivity index (χ0) is 14.9. The topological polar surface area (TPSA) is 38.0 Å². The van der Waals surface area contributed by atoms with Gasteiger partial charge in [0, 0.05) is 17.3 Å². The van der Waals surface area contributed by atoms with E-state index in [1.807, 2.05) is 36.4 Å². The molecule has 0 spiro atoms. The molecule has 4 heteroatoms. The number of nitrogens with zero attached hydrogens (tertiary/aromatic N) is 2. The summed E-state index contributed by atoms with van der Waals surface area (Å²) in [6, 6.07) is 18.4. The zero-order valence-electron chi connectivity index (χ0n) is 11.6. The van der Waals surface area contributed by atoms with Gasteiger partial charge in [-0.2, -0.15) is 5.10 Å². The van der Waals surface area contributed by atoms with Crippen LogP contribution in [0, 0.1) is 0 Å². The van der Waals surface area contributed by atoms with Crippen molar-refractivity contribution in [3.8, 4) is 16.9 Å². The fourth-order valence-electron chi connectivity index (χ4n) is 2.28. The Morgan fingerprint density at radius 3 is 2.38 bits per heavy atom. The molecule has 1 aromatic heterocycles. The fraction of sp³-hybridized carbons (Fsp3) is 0.118. The second kappa shape index (κ2) is 5.14. The third-order valence-corrected chi connectivity index (χ3v) is 3.30. The van der Waals surface area contributed by atoms with Crippen molar-refractivity contribution in [3.05, 3.63) is 72.4 Å². The molecule has 1 atom stereocenters. The van der Waals surface area contributed by atoms with E-state index in [9.17, 15) is 9.50 Å². The summed E-state index contributed by atoms with van der Waals surface area (Å²) >= 11 is 0. The van der Waals surface area contributed by atoms with Gasteiger partial charge in [0.05, 0.1) is 11.4 Å². The molecule has 3 aromatic rings. The molecular formula is C17H15FN2O. The van der Waals surface area contributed by atoms with Crippen LogP contribution < -0.4 is 0 Å². The molecule has 106 valence electrons. The molecule has 1 heterocycles. The number of hydrogen-bond donors (Lipinski definition) is 1. The molecule has 1 N–H and O–H groups in total. The van der Waals surface area contributed by atoms with E-state index in [-0.39, 0.29) is 5.56 Å². The van der Waals surface area contributed by atoms with Gasteiger partial charge < -0.3 is 5.11 Å². The number of benzene rings is 2. The van der Waals surface area contributed by atoms with Crippen LogP contribution in [0.15, 0.2) is 66.9 Å². The highest BCUT2D eigenvalue weighted by atomic mass is 19.2. The first kappa shape index (κ1) is 13.5. The summed E-state index contributed by atoms with van der Waals surface area (Å²) in [4.78, 5) is 0. The lowest BCUT2D eigenvalue weighted by molar-refractivity contribution is -0.0768. The van der Waals surface area contributed by atoms with Gasteiger partial charge in [-0.1, -0.05) is 48.5 Å². The highest BCUT2D eigenvalue weighted by Gasteiger charge is 2.25. The van der Waals surface area contributed by atoms with Gasteiger partial charge in [0.2, 0.25) is 5.85 Å². The molecule has 0 aliphatic carbocycles. The quantitative estimate of drug-likeness (QED) is 0.796. The van der Waals surface area contributed by atoms with E-state index in [0.29, 0.717) is 5.69 Å². The lowest BCUT2D eigenvalue weighted by Crippen LogP contribution is -2.17. The van der Waals surface area contributed by atoms with Crippen LogP contribution in [-0.2, 0) is 5.85 Å². The Morgan fingerprint density at radius 1 is 1.00 bits per heavy atom. The maximum Gasteiger partial charge on any atom is 0.232 e. The standard InChI is InChI=1S/C17H15FN2O/c1-17(18,21)14-9-5-6-10-16(14)20-12-11-15(19-20)13-7-3-2-4-8-13/h2-12,21H,1H3.